The molecule has 1 amide bonds. The van der Waals surface area contributed by atoms with E-state index < -0.39 is 10.0 Å². The van der Waals surface area contributed by atoms with Gasteiger partial charge in [0, 0.05) is 30.3 Å². The van der Waals surface area contributed by atoms with Crippen molar-refractivity contribution in [2.75, 3.05) is 46.6 Å². The van der Waals surface area contributed by atoms with Gasteiger partial charge < -0.3 is 19.5 Å². The van der Waals surface area contributed by atoms with Crippen LogP contribution >= 0.6 is 0 Å². The van der Waals surface area contributed by atoms with Gasteiger partial charge in [-0.05, 0) is 54.6 Å². The molecule has 0 atom stereocenters. The van der Waals surface area contributed by atoms with Crippen LogP contribution in [0.5, 0.6) is 11.6 Å². The molecule has 1 aliphatic heterocycles. The molecule has 0 bridgehead atoms. The number of hydrogen-bond acceptors (Lipinski definition) is 9. The normalized spacial score (nSPS) is 14.3. The van der Waals surface area contributed by atoms with E-state index in [0.717, 1.165) is 11.3 Å². The lowest BCUT2D eigenvalue weighted by atomic mass is 10.2. The number of methoxy groups -OCH3 is 1. The Morgan fingerprint density at radius 2 is 1.74 bits per heavy atom. The van der Waals surface area contributed by atoms with E-state index in [1.165, 1.54) is 28.6 Å². The summed E-state index contributed by atoms with van der Waals surface area (Å²) in [5.41, 5.74) is 1.73. The third-order valence-electron chi connectivity index (χ3n) is 5.95. The Morgan fingerprint density at radius 3 is 2.45 bits per heavy atom. The van der Waals surface area contributed by atoms with E-state index >= 15 is 0 Å². The number of ether oxygens (including phenoxy) is 3. The van der Waals surface area contributed by atoms with Gasteiger partial charge in [0.15, 0.2) is 11.5 Å². The van der Waals surface area contributed by atoms with Gasteiger partial charge in [-0.3, -0.25) is 4.79 Å². The van der Waals surface area contributed by atoms with E-state index in [0.29, 0.717) is 49.2 Å². The van der Waals surface area contributed by atoms with E-state index in [1.807, 2.05) is 24.3 Å². The number of benzene rings is 2. The number of amides is 1. The molecule has 198 valence electrons. The van der Waals surface area contributed by atoms with Gasteiger partial charge >= 0.3 is 0 Å². The highest BCUT2D eigenvalue weighted by molar-refractivity contribution is 7.89. The molecule has 0 saturated carbocycles. The predicted molar refractivity (Wildman–Crippen MR) is 137 cm³/mol. The fraction of sp³-hybridized carbons (Fsp3) is 0.280. The Labute approximate surface area is 219 Å². The van der Waals surface area contributed by atoms with Crippen LogP contribution < -0.4 is 14.8 Å². The maximum atomic E-state index is 12.7. The highest BCUT2D eigenvalue weighted by Gasteiger charge is 2.26. The largest absolute Gasteiger partial charge is 0.497 e. The monoisotopic (exact) mass is 538 g/mol. The molecule has 4 aromatic rings. The Bertz CT molecular complexity index is 1520. The smallest absolute Gasteiger partial charge is 0.251 e. The maximum Gasteiger partial charge on any atom is 0.251 e. The van der Waals surface area contributed by atoms with Gasteiger partial charge in [0.05, 0.1) is 31.8 Å². The van der Waals surface area contributed by atoms with Crippen LogP contribution in [0.2, 0.25) is 0 Å². The van der Waals surface area contributed by atoms with Crippen molar-refractivity contribution in [1.82, 2.24) is 29.4 Å². The van der Waals surface area contributed by atoms with Crippen molar-refractivity contribution >= 4 is 21.6 Å². The van der Waals surface area contributed by atoms with Gasteiger partial charge in [0.25, 0.3) is 5.91 Å². The molecule has 1 aliphatic rings. The second-order valence-electron chi connectivity index (χ2n) is 8.34. The number of aromatic nitrogens is 4. The molecule has 2 aromatic carbocycles. The molecule has 2 aromatic heterocycles. The first-order valence-corrected chi connectivity index (χ1v) is 13.4. The summed E-state index contributed by atoms with van der Waals surface area (Å²) in [7, 11) is -2.01. The number of rotatable bonds is 9. The minimum atomic E-state index is -3.61. The molecule has 12 nitrogen and oxygen atoms in total. The van der Waals surface area contributed by atoms with Crippen molar-refractivity contribution in [3.8, 4) is 23.0 Å². The molecular weight excluding hydrogens is 512 g/mol. The van der Waals surface area contributed by atoms with Crippen LogP contribution in [0, 0.1) is 0 Å². The van der Waals surface area contributed by atoms with Crippen molar-refractivity contribution in [2.45, 2.75) is 4.90 Å². The molecular formula is C25H26N6O6S. The van der Waals surface area contributed by atoms with Crippen LogP contribution in [0.1, 0.15) is 10.4 Å². The first-order chi connectivity index (χ1) is 18.5. The molecule has 3 heterocycles. The molecule has 0 unspecified atom stereocenters. The highest BCUT2D eigenvalue weighted by atomic mass is 32.2. The number of morpholine rings is 1. The second kappa shape index (κ2) is 11.1. The minimum Gasteiger partial charge on any atom is -0.497 e. The predicted octanol–water partition coefficient (Wildman–Crippen LogP) is 1.63. The number of carbonyl (C=O) groups is 1. The van der Waals surface area contributed by atoms with Crippen LogP contribution in [-0.4, -0.2) is 85.0 Å². The number of nitrogens with zero attached hydrogens (tertiary/aromatic N) is 5. The Balaban J connectivity index is 1.16. The Hall–Kier alpha value is -4.07. The average molecular weight is 539 g/mol. The second-order valence-corrected chi connectivity index (χ2v) is 10.3. The van der Waals surface area contributed by atoms with Gasteiger partial charge in [0.1, 0.15) is 12.4 Å². The van der Waals surface area contributed by atoms with Crippen LogP contribution in [0.4, 0.5) is 0 Å². The van der Waals surface area contributed by atoms with Crippen molar-refractivity contribution in [3.05, 3.63) is 66.2 Å². The summed E-state index contributed by atoms with van der Waals surface area (Å²) in [6.45, 7) is 1.76. The third kappa shape index (κ3) is 5.44. The summed E-state index contributed by atoms with van der Waals surface area (Å²) in [5, 5.41) is 15.6. The molecule has 1 saturated heterocycles. The lowest BCUT2D eigenvalue weighted by molar-refractivity contribution is 0.0730. The number of fused-ring (bicyclic) bond motifs is 1. The average Bonchev–Trinajstić information content (AvgIpc) is 3.39. The molecule has 13 heteroatoms. The lowest BCUT2D eigenvalue weighted by Gasteiger charge is -2.26. The molecule has 0 aliphatic carbocycles. The molecule has 38 heavy (non-hydrogen) atoms. The van der Waals surface area contributed by atoms with Crippen molar-refractivity contribution in [2.24, 2.45) is 0 Å². The van der Waals surface area contributed by atoms with E-state index in [1.54, 1.807) is 23.8 Å². The Kier molecular flexibility index (Phi) is 7.49. The van der Waals surface area contributed by atoms with E-state index in [4.69, 9.17) is 14.2 Å². The molecule has 1 N–H and O–H groups in total. The van der Waals surface area contributed by atoms with Crippen molar-refractivity contribution < 1.29 is 27.4 Å². The topological polar surface area (TPSA) is 137 Å². The minimum absolute atomic E-state index is 0.142. The van der Waals surface area contributed by atoms with Gasteiger partial charge in [-0.25, -0.2) is 8.42 Å². The number of sulfonamides is 1. The van der Waals surface area contributed by atoms with Gasteiger partial charge in [-0.2, -0.15) is 8.82 Å². The van der Waals surface area contributed by atoms with Crippen LogP contribution in [0.15, 0.2) is 65.6 Å². The van der Waals surface area contributed by atoms with Gasteiger partial charge in [0.2, 0.25) is 15.9 Å². The summed E-state index contributed by atoms with van der Waals surface area (Å²) >= 11 is 0. The standard InChI is InChI=1S/C25H26N6O6S/c1-35-20-6-2-18(3-7-20)24-28-27-22-10-11-23(29-31(22)24)37-15-12-26-25(32)19-4-8-21(9-5-19)38(33,34)30-13-16-36-17-14-30/h2-11H,12-17H2,1H3,(H,26,32). The van der Waals surface area contributed by atoms with E-state index in [-0.39, 0.29) is 24.0 Å². The number of carbonyl (C=O) groups excluding carboxylic acids is 1. The SMILES string of the molecule is COc1ccc(-c2nnc3ccc(OCCNC(=O)c4ccc(S(=O)(=O)N5CCOCC5)cc4)nn23)cc1. The number of hydrogen-bond donors (Lipinski definition) is 1. The van der Waals surface area contributed by atoms with Crippen LogP contribution in [-0.2, 0) is 14.8 Å². The quantitative estimate of drug-likeness (QED) is 0.315. The molecule has 5 rings (SSSR count). The summed E-state index contributed by atoms with van der Waals surface area (Å²) in [6.07, 6.45) is 0. The molecule has 1 fully saturated rings. The van der Waals surface area contributed by atoms with E-state index in [9.17, 15) is 13.2 Å². The lowest BCUT2D eigenvalue weighted by Crippen LogP contribution is -2.40. The van der Waals surface area contributed by atoms with Crippen LogP contribution in [0.25, 0.3) is 17.0 Å². The van der Waals surface area contributed by atoms with Gasteiger partial charge in [-0.1, -0.05) is 0 Å². The maximum absolute atomic E-state index is 12.7. The summed E-state index contributed by atoms with van der Waals surface area (Å²) in [5.74, 6) is 1.29. The molecule has 0 radical (unpaired) electrons. The highest BCUT2D eigenvalue weighted by Crippen LogP contribution is 2.22. The molecule has 0 spiro atoms. The first kappa shape index (κ1) is 25.6. The zero-order chi connectivity index (χ0) is 26.5. The summed E-state index contributed by atoms with van der Waals surface area (Å²) in [4.78, 5) is 12.7. The zero-order valence-corrected chi connectivity index (χ0v) is 21.4. The fourth-order valence-electron chi connectivity index (χ4n) is 3.91. The summed E-state index contributed by atoms with van der Waals surface area (Å²) in [6, 6.07) is 16.7. The van der Waals surface area contributed by atoms with Crippen LogP contribution in [0.3, 0.4) is 0 Å². The summed E-state index contributed by atoms with van der Waals surface area (Å²) < 4.78 is 44.6. The number of nitrogens with one attached hydrogen (secondary N) is 1. The van der Waals surface area contributed by atoms with Crippen molar-refractivity contribution in [1.29, 1.82) is 0 Å². The van der Waals surface area contributed by atoms with E-state index in [2.05, 4.69) is 20.6 Å². The fourth-order valence-corrected chi connectivity index (χ4v) is 5.31. The third-order valence-corrected chi connectivity index (χ3v) is 7.86. The van der Waals surface area contributed by atoms with Gasteiger partial charge in [-0.15, -0.1) is 15.3 Å². The zero-order valence-electron chi connectivity index (χ0n) is 20.6. The van der Waals surface area contributed by atoms with Crippen molar-refractivity contribution in [3.63, 3.8) is 0 Å². The first-order valence-electron chi connectivity index (χ1n) is 11.9. The Morgan fingerprint density at radius 1 is 1.00 bits per heavy atom.